The van der Waals surface area contributed by atoms with Crippen molar-refractivity contribution in [3.63, 3.8) is 0 Å². The molecule has 0 spiro atoms. The Morgan fingerprint density at radius 3 is 2.43 bits per heavy atom. The number of anilines is 2. The van der Waals surface area contributed by atoms with Crippen molar-refractivity contribution >= 4 is 23.3 Å². The van der Waals surface area contributed by atoms with Crippen molar-refractivity contribution < 1.29 is 13.6 Å². The van der Waals surface area contributed by atoms with Crippen LogP contribution in [0.25, 0.3) is 5.65 Å². The number of halogens is 2. The molecule has 8 nitrogen and oxygen atoms in total. The van der Waals surface area contributed by atoms with E-state index in [9.17, 15) is 8.78 Å². The molecule has 0 aliphatic carbocycles. The Hall–Kier alpha value is -3.66. The third-order valence-electron chi connectivity index (χ3n) is 6.32. The number of carbonyl (C=O) groups excluding carboxylic acids is 1. The Balaban J connectivity index is 0.000000747. The SMILES string of the molecule is CC(=O)F.Cc1ccc(Cc2c(C)nc3c(CN4CCCCC4)cc(Nc4cc(C)[nH]n4)nn23)c(F)c1. The number of imidazole rings is 1. The van der Waals surface area contributed by atoms with Crippen molar-refractivity contribution in [3.8, 4) is 0 Å². The molecule has 5 rings (SSSR count). The monoisotopic (exact) mass is 509 g/mol. The van der Waals surface area contributed by atoms with Crippen LogP contribution in [0.1, 0.15) is 60.0 Å². The van der Waals surface area contributed by atoms with Crippen molar-refractivity contribution in [1.29, 1.82) is 0 Å². The van der Waals surface area contributed by atoms with Gasteiger partial charge in [0.05, 0.1) is 11.4 Å². The second-order valence-electron chi connectivity index (χ2n) is 9.57. The lowest BCUT2D eigenvalue weighted by Crippen LogP contribution is -2.29. The summed E-state index contributed by atoms with van der Waals surface area (Å²) in [6, 6.07) is 8.05. The zero-order chi connectivity index (χ0) is 26.5. The fourth-order valence-electron chi connectivity index (χ4n) is 4.56. The van der Waals surface area contributed by atoms with Crippen molar-refractivity contribution in [1.82, 2.24) is 29.7 Å². The predicted octanol–water partition coefficient (Wildman–Crippen LogP) is 5.34. The molecule has 0 saturated carbocycles. The largest absolute Gasteiger partial charge is 0.322 e. The highest BCUT2D eigenvalue weighted by Gasteiger charge is 2.19. The summed E-state index contributed by atoms with van der Waals surface area (Å²) < 4.78 is 26.9. The number of fused-ring (bicyclic) bond motifs is 1. The van der Waals surface area contributed by atoms with E-state index in [0.717, 1.165) is 60.4 Å². The molecule has 4 heterocycles. The van der Waals surface area contributed by atoms with E-state index in [2.05, 4.69) is 26.5 Å². The highest BCUT2D eigenvalue weighted by molar-refractivity contribution is 5.64. The van der Waals surface area contributed by atoms with Crippen molar-refractivity contribution in [3.05, 3.63) is 69.9 Å². The minimum atomic E-state index is -1.33. The molecular formula is C27H33F2N7O. The maximum absolute atomic E-state index is 14.7. The lowest BCUT2D eigenvalue weighted by atomic mass is 10.1. The van der Waals surface area contributed by atoms with E-state index in [1.54, 1.807) is 6.07 Å². The molecule has 10 heteroatoms. The lowest BCUT2D eigenvalue weighted by molar-refractivity contribution is -0.126. The van der Waals surface area contributed by atoms with Crippen LogP contribution in [0.5, 0.6) is 0 Å². The summed E-state index contributed by atoms with van der Waals surface area (Å²) in [5, 5.41) is 15.4. The maximum atomic E-state index is 14.7. The second-order valence-corrected chi connectivity index (χ2v) is 9.57. The number of nitrogens with one attached hydrogen (secondary N) is 2. The number of rotatable bonds is 6. The molecule has 1 aliphatic heterocycles. The zero-order valence-electron chi connectivity index (χ0n) is 21.7. The fourth-order valence-corrected chi connectivity index (χ4v) is 4.56. The number of nitrogens with zero attached hydrogens (tertiary/aromatic N) is 5. The smallest absolute Gasteiger partial charge is 0.298 e. The van der Waals surface area contributed by atoms with Crippen molar-refractivity contribution in [2.45, 2.75) is 59.9 Å². The number of benzene rings is 1. The van der Waals surface area contributed by atoms with Gasteiger partial charge in [0.1, 0.15) is 5.82 Å². The van der Waals surface area contributed by atoms with Gasteiger partial charge in [-0.15, -0.1) is 5.10 Å². The topological polar surface area (TPSA) is 91.2 Å². The summed E-state index contributed by atoms with van der Waals surface area (Å²) in [7, 11) is 0. The third-order valence-corrected chi connectivity index (χ3v) is 6.32. The van der Waals surface area contributed by atoms with Gasteiger partial charge < -0.3 is 5.32 Å². The number of piperidine rings is 1. The molecule has 3 aromatic heterocycles. The van der Waals surface area contributed by atoms with Crippen LogP contribution in [-0.4, -0.2) is 48.8 Å². The first-order valence-electron chi connectivity index (χ1n) is 12.5. The summed E-state index contributed by atoms with van der Waals surface area (Å²) in [5.74, 6) is 1.22. The summed E-state index contributed by atoms with van der Waals surface area (Å²) in [4.78, 5) is 16.1. The summed E-state index contributed by atoms with van der Waals surface area (Å²) in [5.41, 5.74) is 6.25. The number of hydrogen-bond acceptors (Lipinski definition) is 6. The summed E-state index contributed by atoms with van der Waals surface area (Å²) in [6.45, 7) is 9.70. The van der Waals surface area contributed by atoms with Crippen LogP contribution >= 0.6 is 0 Å². The minimum absolute atomic E-state index is 0.195. The molecule has 1 aromatic carbocycles. The summed E-state index contributed by atoms with van der Waals surface area (Å²) in [6.07, 6.45) is 4.18. The Morgan fingerprint density at radius 2 is 1.78 bits per heavy atom. The first kappa shape index (κ1) is 26.4. The van der Waals surface area contributed by atoms with Gasteiger partial charge >= 0.3 is 0 Å². The maximum Gasteiger partial charge on any atom is 0.298 e. The van der Waals surface area contributed by atoms with Crippen LogP contribution in [0, 0.1) is 26.6 Å². The van der Waals surface area contributed by atoms with Crippen LogP contribution in [-0.2, 0) is 17.8 Å². The molecule has 0 bridgehead atoms. The van der Waals surface area contributed by atoms with Gasteiger partial charge in [0.15, 0.2) is 17.3 Å². The highest BCUT2D eigenvalue weighted by atomic mass is 19.1. The van der Waals surface area contributed by atoms with E-state index >= 15 is 0 Å². The van der Waals surface area contributed by atoms with Crippen LogP contribution in [0.15, 0.2) is 30.3 Å². The van der Waals surface area contributed by atoms with Gasteiger partial charge in [0.25, 0.3) is 6.04 Å². The van der Waals surface area contributed by atoms with Crippen LogP contribution in [0.4, 0.5) is 20.4 Å². The Kier molecular flexibility index (Phi) is 8.27. The number of carbonyl (C=O) groups is 1. The molecule has 37 heavy (non-hydrogen) atoms. The quantitative estimate of drug-likeness (QED) is 0.341. The molecule has 0 radical (unpaired) electrons. The van der Waals surface area contributed by atoms with Gasteiger partial charge in [0.2, 0.25) is 0 Å². The Bertz CT molecular complexity index is 1390. The number of likely N-dealkylation sites (tertiary alicyclic amines) is 1. The number of aromatic nitrogens is 5. The van der Waals surface area contributed by atoms with Crippen molar-refractivity contribution in [2.24, 2.45) is 0 Å². The average molecular weight is 510 g/mol. The Morgan fingerprint density at radius 1 is 1.05 bits per heavy atom. The Labute approximate surface area is 215 Å². The zero-order valence-corrected chi connectivity index (χ0v) is 21.7. The number of H-pyrrole nitrogens is 1. The van der Waals surface area contributed by atoms with Gasteiger partial charge in [-0.25, -0.2) is 13.9 Å². The van der Waals surface area contributed by atoms with E-state index in [4.69, 9.17) is 14.9 Å². The van der Waals surface area contributed by atoms with Crippen LogP contribution < -0.4 is 5.32 Å². The van der Waals surface area contributed by atoms with Crippen LogP contribution in [0.3, 0.4) is 0 Å². The van der Waals surface area contributed by atoms with Gasteiger partial charge in [-0.2, -0.15) is 9.49 Å². The predicted molar refractivity (Wildman–Crippen MR) is 139 cm³/mol. The molecule has 4 aromatic rings. The normalized spacial score (nSPS) is 13.9. The average Bonchev–Trinajstić information content (AvgIpc) is 3.38. The molecule has 1 saturated heterocycles. The van der Waals surface area contributed by atoms with Gasteiger partial charge in [-0.3, -0.25) is 14.8 Å². The molecule has 196 valence electrons. The van der Waals surface area contributed by atoms with Gasteiger partial charge in [-0.1, -0.05) is 18.6 Å². The molecule has 1 fully saturated rings. The first-order valence-corrected chi connectivity index (χ1v) is 12.5. The van der Waals surface area contributed by atoms with E-state index in [1.165, 1.54) is 19.3 Å². The van der Waals surface area contributed by atoms with E-state index in [1.807, 2.05) is 43.5 Å². The molecule has 0 amide bonds. The number of hydrogen-bond donors (Lipinski definition) is 2. The standard InChI is InChI=1S/C25H30FN7.C2H3FO/c1-16-7-8-19(21(26)11-16)13-22-18(3)27-25-20(15-32-9-5-4-6-10-32)14-24(31-33(22)25)28-23-12-17(2)29-30-23;1-2(3)4/h7-8,11-12,14H,4-6,9-10,13,15H2,1-3H3,(H2,28,29,30,31);1H3. The number of aromatic amines is 1. The lowest BCUT2D eigenvalue weighted by Gasteiger charge is -2.26. The molecule has 2 N–H and O–H groups in total. The van der Waals surface area contributed by atoms with Gasteiger partial charge in [0, 0.05) is 37.2 Å². The number of aryl methyl sites for hydroxylation is 3. The van der Waals surface area contributed by atoms with Crippen LogP contribution in [0.2, 0.25) is 0 Å². The van der Waals surface area contributed by atoms with E-state index < -0.39 is 6.04 Å². The molecule has 1 aliphatic rings. The third kappa shape index (κ3) is 6.76. The second kappa shape index (κ2) is 11.6. The first-order chi connectivity index (χ1) is 17.7. The molecular weight excluding hydrogens is 476 g/mol. The minimum Gasteiger partial charge on any atom is -0.322 e. The van der Waals surface area contributed by atoms with Crippen molar-refractivity contribution in [2.75, 3.05) is 18.4 Å². The fraction of sp³-hybridized carbons (Fsp3) is 0.407. The van der Waals surface area contributed by atoms with Gasteiger partial charge in [-0.05, 0) is 70.0 Å². The highest BCUT2D eigenvalue weighted by Crippen LogP contribution is 2.25. The molecule has 0 atom stereocenters. The van der Waals surface area contributed by atoms with E-state index in [-0.39, 0.29) is 5.82 Å². The molecule has 0 unspecified atom stereocenters. The van der Waals surface area contributed by atoms with E-state index in [0.29, 0.717) is 23.6 Å². The summed E-state index contributed by atoms with van der Waals surface area (Å²) >= 11 is 0.